The highest BCUT2D eigenvalue weighted by Crippen LogP contribution is 2.17. The Labute approximate surface area is 99.4 Å². The lowest BCUT2D eigenvalue weighted by Crippen LogP contribution is -2.08. The van der Waals surface area contributed by atoms with E-state index in [1.807, 2.05) is 19.1 Å². The van der Waals surface area contributed by atoms with Crippen LogP contribution in [0.4, 0.5) is 0 Å². The van der Waals surface area contributed by atoms with E-state index in [0.29, 0.717) is 5.02 Å². The first-order chi connectivity index (χ1) is 7.49. The molecule has 0 N–H and O–H groups in total. The van der Waals surface area contributed by atoms with Gasteiger partial charge in [0.25, 0.3) is 0 Å². The SMILES string of the molecule is CC(=O)CC(=O)OCc1ccc(C)c(Cl)c1. The van der Waals surface area contributed by atoms with E-state index in [-0.39, 0.29) is 18.8 Å². The molecule has 0 radical (unpaired) electrons. The lowest BCUT2D eigenvalue weighted by molar-refractivity contribution is -0.146. The van der Waals surface area contributed by atoms with Crippen molar-refractivity contribution in [3.05, 3.63) is 34.3 Å². The summed E-state index contributed by atoms with van der Waals surface area (Å²) in [5.74, 6) is -0.712. The highest BCUT2D eigenvalue weighted by Gasteiger charge is 2.07. The van der Waals surface area contributed by atoms with Crippen molar-refractivity contribution >= 4 is 23.4 Å². The van der Waals surface area contributed by atoms with Gasteiger partial charge in [0.1, 0.15) is 18.8 Å². The zero-order chi connectivity index (χ0) is 12.1. The van der Waals surface area contributed by atoms with E-state index in [9.17, 15) is 9.59 Å². The second kappa shape index (κ2) is 5.66. The number of halogens is 1. The number of ketones is 1. The average Bonchev–Trinajstić information content (AvgIpc) is 2.19. The topological polar surface area (TPSA) is 43.4 Å². The standard InChI is InChI=1S/C12H13ClO3/c1-8-3-4-10(6-11(8)13)7-16-12(15)5-9(2)14/h3-4,6H,5,7H2,1-2H3. The molecule has 86 valence electrons. The van der Waals surface area contributed by atoms with E-state index in [1.54, 1.807) is 6.07 Å². The summed E-state index contributed by atoms with van der Waals surface area (Å²) in [6.45, 7) is 3.39. The predicted molar refractivity (Wildman–Crippen MR) is 61.3 cm³/mol. The van der Waals surface area contributed by atoms with E-state index in [4.69, 9.17) is 16.3 Å². The fourth-order valence-electron chi connectivity index (χ4n) is 1.14. The Morgan fingerprint density at radius 1 is 1.38 bits per heavy atom. The second-order valence-corrected chi connectivity index (χ2v) is 4.03. The fourth-order valence-corrected chi connectivity index (χ4v) is 1.35. The second-order valence-electron chi connectivity index (χ2n) is 3.62. The maximum absolute atomic E-state index is 11.1. The Hall–Kier alpha value is -1.35. The highest BCUT2D eigenvalue weighted by atomic mass is 35.5. The largest absolute Gasteiger partial charge is 0.460 e. The van der Waals surface area contributed by atoms with Crippen molar-refractivity contribution in [2.24, 2.45) is 0 Å². The molecule has 0 bridgehead atoms. The van der Waals surface area contributed by atoms with Gasteiger partial charge >= 0.3 is 5.97 Å². The number of Topliss-reactive ketones (excluding diaryl/α,β-unsaturated/α-hetero) is 1. The number of carbonyl (C=O) groups excluding carboxylic acids is 2. The maximum Gasteiger partial charge on any atom is 0.313 e. The van der Waals surface area contributed by atoms with Gasteiger partial charge in [-0.15, -0.1) is 0 Å². The molecular weight excluding hydrogens is 228 g/mol. The predicted octanol–water partition coefficient (Wildman–Crippen LogP) is 2.67. The van der Waals surface area contributed by atoms with Crippen molar-refractivity contribution in [2.45, 2.75) is 26.9 Å². The summed E-state index contributed by atoms with van der Waals surface area (Å²) in [4.78, 5) is 21.7. The van der Waals surface area contributed by atoms with E-state index in [0.717, 1.165) is 11.1 Å². The molecule has 16 heavy (non-hydrogen) atoms. The van der Waals surface area contributed by atoms with Gasteiger partial charge in [-0.2, -0.15) is 0 Å². The summed E-state index contributed by atoms with van der Waals surface area (Å²) in [7, 11) is 0. The molecule has 0 fully saturated rings. The Morgan fingerprint density at radius 3 is 2.62 bits per heavy atom. The van der Waals surface area contributed by atoms with Gasteiger partial charge in [-0.05, 0) is 31.0 Å². The Morgan fingerprint density at radius 2 is 2.06 bits per heavy atom. The lowest BCUT2D eigenvalue weighted by atomic mass is 10.2. The number of esters is 1. The third-order valence-electron chi connectivity index (χ3n) is 2.03. The number of aryl methyl sites for hydroxylation is 1. The maximum atomic E-state index is 11.1. The number of hydrogen-bond donors (Lipinski definition) is 0. The molecule has 0 spiro atoms. The molecular formula is C12H13ClO3. The molecule has 0 unspecified atom stereocenters. The quantitative estimate of drug-likeness (QED) is 0.600. The third-order valence-corrected chi connectivity index (χ3v) is 2.44. The fraction of sp³-hybridized carbons (Fsp3) is 0.333. The van der Waals surface area contributed by atoms with Crippen molar-refractivity contribution in [3.63, 3.8) is 0 Å². The number of carbonyl (C=O) groups is 2. The van der Waals surface area contributed by atoms with Crippen LogP contribution in [0.3, 0.4) is 0 Å². The van der Waals surface area contributed by atoms with E-state index in [2.05, 4.69) is 0 Å². The summed E-state index contributed by atoms with van der Waals surface area (Å²) in [6.07, 6.45) is -0.181. The molecule has 0 saturated heterocycles. The number of rotatable bonds is 4. The van der Waals surface area contributed by atoms with Crippen LogP contribution in [0.15, 0.2) is 18.2 Å². The van der Waals surface area contributed by atoms with Gasteiger partial charge in [-0.3, -0.25) is 9.59 Å². The molecule has 1 aromatic carbocycles. The zero-order valence-corrected chi connectivity index (χ0v) is 10.0. The van der Waals surface area contributed by atoms with Crippen LogP contribution in [0.2, 0.25) is 5.02 Å². The van der Waals surface area contributed by atoms with Gasteiger partial charge in [0.05, 0.1) is 0 Å². The molecule has 0 heterocycles. The molecule has 1 aromatic rings. The zero-order valence-electron chi connectivity index (χ0n) is 9.25. The molecule has 3 nitrogen and oxygen atoms in total. The first-order valence-corrected chi connectivity index (χ1v) is 5.27. The Balaban J connectivity index is 2.51. The van der Waals surface area contributed by atoms with E-state index < -0.39 is 5.97 Å². The van der Waals surface area contributed by atoms with Crippen LogP contribution >= 0.6 is 11.6 Å². The number of ether oxygens (including phenoxy) is 1. The van der Waals surface area contributed by atoms with Crippen molar-refractivity contribution in [1.29, 1.82) is 0 Å². The minimum absolute atomic E-state index is 0.145. The Kier molecular flexibility index (Phi) is 4.50. The van der Waals surface area contributed by atoms with Crippen LogP contribution in [0.1, 0.15) is 24.5 Å². The normalized spacial score (nSPS) is 9.94. The van der Waals surface area contributed by atoms with Gasteiger partial charge in [-0.25, -0.2) is 0 Å². The molecule has 0 atom stereocenters. The van der Waals surface area contributed by atoms with Crippen LogP contribution in [0, 0.1) is 6.92 Å². The van der Waals surface area contributed by atoms with Gasteiger partial charge in [0.2, 0.25) is 0 Å². The summed E-state index contributed by atoms with van der Waals surface area (Å²) in [6, 6.07) is 5.44. The van der Waals surface area contributed by atoms with Crippen LogP contribution < -0.4 is 0 Å². The van der Waals surface area contributed by atoms with Gasteiger partial charge < -0.3 is 4.74 Å². The van der Waals surface area contributed by atoms with Gasteiger partial charge in [0, 0.05) is 5.02 Å². The van der Waals surface area contributed by atoms with Crippen molar-refractivity contribution in [2.75, 3.05) is 0 Å². The minimum Gasteiger partial charge on any atom is -0.460 e. The van der Waals surface area contributed by atoms with Crippen LogP contribution in [0.5, 0.6) is 0 Å². The van der Waals surface area contributed by atoms with Gasteiger partial charge in [-0.1, -0.05) is 23.7 Å². The van der Waals surface area contributed by atoms with Crippen LogP contribution in [-0.2, 0) is 20.9 Å². The van der Waals surface area contributed by atoms with Crippen LogP contribution in [0.25, 0.3) is 0 Å². The van der Waals surface area contributed by atoms with Gasteiger partial charge in [0.15, 0.2) is 0 Å². The van der Waals surface area contributed by atoms with E-state index in [1.165, 1.54) is 6.92 Å². The molecule has 1 rings (SSSR count). The van der Waals surface area contributed by atoms with Crippen LogP contribution in [-0.4, -0.2) is 11.8 Å². The number of benzene rings is 1. The molecule has 0 aliphatic heterocycles. The molecule has 0 saturated carbocycles. The van der Waals surface area contributed by atoms with E-state index >= 15 is 0 Å². The number of hydrogen-bond acceptors (Lipinski definition) is 3. The first kappa shape index (κ1) is 12.7. The summed E-state index contributed by atoms with van der Waals surface area (Å²) < 4.78 is 4.92. The lowest BCUT2D eigenvalue weighted by Gasteiger charge is -2.05. The minimum atomic E-state index is -0.510. The smallest absolute Gasteiger partial charge is 0.313 e. The summed E-state index contributed by atoms with van der Waals surface area (Å²) in [5.41, 5.74) is 1.79. The third kappa shape index (κ3) is 4.03. The van der Waals surface area contributed by atoms with Crippen molar-refractivity contribution in [3.8, 4) is 0 Å². The molecule has 0 aliphatic rings. The summed E-state index contributed by atoms with van der Waals surface area (Å²) in [5, 5.41) is 0.639. The van der Waals surface area contributed by atoms with Crippen molar-refractivity contribution in [1.82, 2.24) is 0 Å². The highest BCUT2D eigenvalue weighted by molar-refractivity contribution is 6.31. The molecule has 0 aliphatic carbocycles. The molecule has 0 amide bonds. The first-order valence-electron chi connectivity index (χ1n) is 4.89. The molecule has 4 heteroatoms. The molecule has 0 aromatic heterocycles. The van der Waals surface area contributed by atoms with Crippen molar-refractivity contribution < 1.29 is 14.3 Å². The summed E-state index contributed by atoms with van der Waals surface area (Å²) >= 11 is 5.92. The Bertz CT molecular complexity index is 413. The monoisotopic (exact) mass is 240 g/mol. The average molecular weight is 241 g/mol.